The number of nitrogens with zero attached hydrogens (tertiary/aromatic N) is 3. The quantitative estimate of drug-likeness (QED) is 0.0630. The summed E-state index contributed by atoms with van der Waals surface area (Å²) in [5.41, 5.74) is -2.01. The molecule has 0 radical (unpaired) electrons. The van der Waals surface area contributed by atoms with Gasteiger partial charge in [0.15, 0.2) is 35.1 Å². The normalized spacial score (nSPS) is 12.9. The second-order valence-electron chi connectivity index (χ2n) is 12.5. The van der Waals surface area contributed by atoms with E-state index in [0.717, 1.165) is 17.0 Å². The molecule has 1 fully saturated rings. The molecule has 1 unspecified atom stereocenters. The lowest BCUT2D eigenvalue weighted by Crippen LogP contribution is -2.50. The second-order valence-corrected chi connectivity index (χ2v) is 14.5. The van der Waals surface area contributed by atoms with Gasteiger partial charge < -0.3 is 9.64 Å². The number of imide groups is 1. The molecule has 1 saturated heterocycles. The first-order valence-electron chi connectivity index (χ1n) is 17.9. The van der Waals surface area contributed by atoms with Gasteiger partial charge in [0, 0.05) is 59.6 Å². The number of rotatable bonds is 7. The molecule has 2 aliphatic rings. The van der Waals surface area contributed by atoms with Crippen molar-refractivity contribution >= 4 is 62.2 Å². The molecule has 2 heterocycles. The zero-order valence-electron chi connectivity index (χ0n) is 32.4. The summed E-state index contributed by atoms with van der Waals surface area (Å²) >= 11 is 6.15. The molecule has 6 rings (SSSR count). The van der Waals surface area contributed by atoms with E-state index in [-0.39, 0.29) is 39.2 Å². The van der Waals surface area contributed by atoms with E-state index in [1.165, 1.54) is 36.4 Å². The smallest absolute Gasteiger partial charge is 0.337 e. The minimum Gasteiger partial charge on any atom is -0.404 e. The van der Waals surface area contributed by atoms with Gasteiger partial charge in [0.25, 0.3) is 21.8 Å². The van der Waals surface area contributed by atoms with Crippen LogP contribution >= 0.6 is 11.6 Å². The molecule has 2 aliphatic heterocycles. The Morgan fingerprint density at radius 1 is 0.708 bits per heavy atom. The number of carbonyl (C=O) groups excluding carboxylic acids is 3. The Labute approximate surface area is 373 Å². The molecule has 0 aliphatic carbocycles. The van der Waals surface area contributed by atoms with Crippen LogP contribution in [0.2, 0.25) is 5.02 Å². The van der Waals surface area contributed by atoms with Gasteiger partial charge in [-0.25, -0.2) is 40.1 Å². The molecule has 0 saturated carbocycles. The minimum absolute atomic E-state index is 0.0255. The zero-order chi connectivity index (χ0) is 46.7. The SMILES string of the molecule is C#CC#CC#CC#CC#CC#CC#CC#CC#COc1ccc(S(=O)(=O)Nc2ccccc2Cl)cc1N1C(=O)C(C(=O)N2CCc3ccccc32)N(c2c(F)c(F)c(F)c(F)c2F)C1=O. The molecule has 1 N–H and O–H groups in total. The van der Waals surface area contributed by atoms with Gasteiger partial charge in [-0.05, 0) is 95.7 Å². The van der Waals surface area contributed by atoms with Crippen molar-refractivity contribution in [3.63, 3.8) is 0 Å². The lowest BCUT2D eigenvalue weighted by atomic mass is 10.1. The van der Waals surface area contributed by atoms with Crippen LogP contribution in [0.3, 0.4) is 0 Å². The molecule has 4 aromatic carbocycles. The molecule has 1 atom stereocenters. The van der Waals surface area contributed by atoms with E-state index in [9.17, 15) is 36.0 Å². The van der Waals surface area contributed by atoms with Crippen LogP contribution in [-0.2, 0) is 26.0 Å². The maximum atomic E-state index is 15.6. The van der Waals surface area contributed by atoms with Crippen LogP contribution in [0.1, 0.15) is 5.56 Å². The Kier molecular flexibility index (Phi) is 14.0. The number of anilines is 4. The number of terminal acetylenes is 1. The predicted octanol–water partition coefficient (Wildman–Crippen LogP) is 5.76. The number of halogens is 6. The number of benzene rings is 4. The number of fused-ring (bicyclic) bond motifs is 1. The number of ether oxygens (including phenoxy) is 1. The lowest BCUT2D eigenvalue weighted by Gasteiger charge is -2.26. The molecule has 0 spiro atoms. The first kappa shape index (κ1) is 45.3. The molecule has 0 aromatic heterocycles. The van der Waals surface area contributed by atoms with E-state index >= 15 is 8.78 Å². The van der Waals surface area contributed by atoms with Gasteiger partial charge in [0.2, 0.25) is 5.82 Å². The summed E-state index contributed by atoms with van der Waals surface area (Å²) in [7, 11) is -4.67. The Hall–Kier alpha value is -9.18. The van der Waals surface area contributed by atoms with Gasteiger partial charge in [-0.2, -0.15) is 0 Å². The molecule has 314 valence electrons. The third-order valence-corrected chi connectivity index (χ3v) is 10.4. The molecule has 10 nitrogen and oxygen atoms in total. The van der Waals surface area contributed by atoms with Gasteiger partial charge >= 0.3 is 6.03 Å². The highest BCUT2D eigenvalue weighted by molar-refractivity contribution is 7.92. The molecule has 0 bridgehead atoms. The average Bonchev–Trinajstić information content (AvgIpc) is 3.84. The van der Waals surface area contributed by atoms with Gasteiger partial charge in [0.05, 0.1) is 21.3 Å². The standard InChI is InChI=1S/C48H18ClF5N4O6S/c1-2-3-4-5-6-7-8-9-10-11-12-13-14-15-16-21-30-64-38-27-26-33(65(62,63)55-35-24-19-18-23-34(35)49)31-37(38)57-47(60)45(46(59)56-29-28-32-22-17-20-25-36(32)56)58(48(57)61)44-42(53)40(51)39(50)41(52)43(44)54/h1,17-20,22-27,31,45,55H,28-29H2. The Morgan fingerprint density at radius 3 is 1.85 bits per heavy atom. The summed E-state index contributed by atoms with van der Waals surface area (Å²) in [6.07, 6.45) is 7.33. The van der Waals surface area contributed by atoms with Crippen LogP contribution in [0, 0.1) is 136 Å². The monoisotopic (exact) mass is 908 g/mol. The number of sulfonamides is 1. The third kappa shape index (κ3) is 9.82. The summed E-state index contributed by atoms with van der Waals surface area (Å²) < 4.78 is 110. The van der Waals surface area contributed by atoms with E-state index in [0.29, 0.717) is 11.6 Å². The highest BCUT2D eigenvalue weighted by atomic mass is 35.5. The first-order chi connectivity index (χ1) is 31.3. The molecule has 4 aromatic rings. The van der Waals surface area contributed by atoms with Crippen LogP contribution in [0.15, 0.2) is 71.6 Å². The number of hydrogen-bond donors (Lipinski definition) is 1. The third-order valence-electron chi connectivity index (χ3n) is 8.68. The number of hydrogen-bond acceptors (Lipinski definition) is 6. The fraction of sp³-hybridized carbons (Fsp3) is 0.0625. The molecule has 4 amide bonds. The van der Waals surface area contributed by atoms with Crippen LogP contribution in [0.4, 0.5) is 49.5 Å². The number of nitrogens with one attached hydrogen (secondary N) is 1. The van der Waals surface area contributed by atoms with E-state index in [1.54, 1.807) is 12.1 Å². The van der Waals surface area contributed by atoms with Crippen LogP contribution < -0.4 is 24.2 Å². The Bertz CT molecular complexity index is 3410. The summed E-state index contributed by atoms with van der Waals surface area (Å²) in [5.74, 6) is 21.4. The van der Waals surface area contributed by atoms with E-state index in [4.69, 9.17) is 22.8 Å². The predicted molar refractivity (Wildman–Crippen MR) is 228 cm³/mol. The maximum Gasteiger partial charge on any atom is 0.337 e. The first-order valence-corrected chi connectivity index (χ1v) is 19.8. The average molecular weight is 909 g/mol. The highest BCUT2D eigenvalue weighted by Crippen LogP contribution is 2.42. The fourth-order valence-corrected chi connectivity index (χ4v) is 7.29. The van der Waals surface area contributed by atoms with Crippen molar-refractivity contribution in [2.24, 2.45) is 0 Å². The van der Waals surface area contributed by atoms with Crippen LogP contribution in [0.25, 0.3) is 0 Å². The highest BCUT2D eigenvalue weighted by Gasteiger charge is 2.55. The second kappa shape index (κ2) is 20.1. The summed E-state index contributed by atoms with van der Waals surface area (Å²) in [6.45, 7) is -0.116. The topological polar surface area (TPSA) is 116 Å². The van der Waals surface area contributed by atoms with Gasteiger partial charge in [-0.15, -0.1) is 6.42 Å². The molecule has 17 heteroatoms. The maximum absolute atomic E-state index is 15.6. The van der Waals surface area contributed by atoms with Gasteiger partial charge in [0.1, 0.15) is 11.8 Å². The number of para-hydroxylation sites is 2. The minimum atomic E-state index is -4.67. The Balaban J connectivity index is 1.40. The molecular formula is C48H18ClF5N4O6S. The largest absolute Gasteiger partial charge is 0.404 e. The lowest BCUT2D eigenvalue weighted by molar-refractivity contribution is -0.126. The molecule has 65 heavy (non-hydrogen) atoms. The van der Waals surface area contributed by atoms with Crippen molar-refractivity contribution in [2.75, 3.05) is 26.0 Å². The number of carbonyl (C=O) groups is 3. The van der Waals surface area contributed by atoms with Gasteiger partial charge in [-0.1, -0.05) is 41.9 Å². The van der Waals surface area contributed by atoms with Crippen molar-refractivity contribution in [3.05, 3.63) is 106 Å². The van der Waals surface area contributed by atoms with Gasteiger partial charge in [-0.3, -0.25) is 19.2 Å². The summed E-state index contributed by atoms with van der Waals surface area (Å²) in [5, 5.41) is -0.0255. The van der Waals surface area contributed by atoms with Crippen molar-refractivity contribution in [1.29, 1.82) is 0 Å². The van der Waals surface area contributed by atoms with Crippen molar-refractivity contribution in [3.8, 4) is 113 Å². The Morgan fingerprint density at radius 2 is 1.25 bits per heavy atom. The van der Waals surface area contributed by atoms with Crippen molar-refractivity contribution < 1.29 is 49.5 Å². The van der Waals surface area contributed by atoms with Crippen molar-refractivity contribution in [2.45, 2.75) is 17.4 Å². The summed E-state index contributed by atoms with van der Waals surface area (Å²) in [6, 6.07) is 10.1. The summed E-state index contributed by atoms with van der Waals surface area (Å²) in [4.78, 5) is 43.5. The fourth-order valence-electron chi connectivity index (χ4n) is 5.95. The van der Waals surface area contributed by atoms with E-state index in [2.05, 4.69) is 106 Å². The van der Waals surface area contributed by atoms with E-state index < -0.39 is 85.0 Å². The van der Waals surface area contributed by atoms with Crippen LogP contribution in [0.5, 0.6) is 5.75 Å². The van der Waals surface area contributed by atoms with E-state index in [1.807, 2.05) is 0 Å². The van der Waals surface area contributed by atoms with Crippen LogP contribution in [-0.4, -0.2) is 38.8 Å². The molecular weight excluding hydrogens is 891 g/mol. The zero-order valence-corrected chi connectivity index (χ0v) is 34.0. The number of urea groups is 1. The van der Waals surface area contributed by atoms with Crippen molar-refractivity contribution in [1.82, 2.24) is 0 Å². The number of amides is 4.